The van der Waals surface area contributed by atoms with Crippen LogP contribution in [0.1, 0.15) is 51.6 Å². The average Bonchev–Trinajstić information content (AvgIpc) is 2.92. The fraction of sp³-hybridized carbons (Fsp3) is 0.688. The van der Waals surface area contributed by atoms with E-state index < -0.39 is 5.41 Å². The molecule has 0 unspecified atom stereocenters. The van der Waals surface area contributed by atoms with Gasteiger partial charge in [-0.25, -0.2) is 4.98 Å². The number of hydrogen-bond donors (Lipinski definition) is 2. The number of aromatic amines is 1. The number of H-pyrrole nitrogens is 1. The van der Waals surface area contributed by atoms with E-state index in [9.17, 15) is 9.59 Å². The summed E-state index contributed by atoms with van der Waals surface area (Å²) >= 11 is 0. The van der Waals surface area contributed by atoms with Crippen molar-refractivity contribution in [2.24, 2.45) is 5.41 Å². The number of aryl methyl sites for hydroxylation is 1. The minimum absolute atomic E-state index is 0.0512. The van der Waals surface area contributed by atoms with Gasteiger partial charge in [-0.3, -0.25) is 9.59 Å². The maximum atomic E-state index is 12.2. The smallest absolute Gasteiger partial charge is 0.305 e. The third-order valence-corrected chi connectivity index (χ3v) is 3.64. The van der Waals surface area contributed by atoms with E-state index in [1.807, 2.05) is 20.0 Å². The number of hydrogen-bond acceptors (Lipinski definition) is 4. The monoisotopic (exact) mass is 309 g/mol. The Kier molecular flexibility index (Phi) is 7.08. The predicted molar refractivity (Wildman–Crippen MR) is 84.3 cm³/mol. The van der Waals surface area contributed by atoms with Crippen molar-refractivity contribution in [2.75, 3.05) is 13.7 Å². The molecule has 124 valence electrons. The van der Waals surface area contributed by atoms with Gasteiger partial charge in [0.2, 0.25) is 5.91 Å². The highest BCUT2D eigenvalue weighted by Crippen LogP contribution is 2.22. The first-order valence-electron chi connectivity index (χ1n) is 7.77. The Morgan fingerprint density at radius 1 is 1.36 bits per heavy atom. The standard InChI is InChI=1S/C16H27N3O3/c1-5-6-13-18-11-12(19-13)8-10-17-15(21)16(2,3)9-7-14(20)22-4/h11H,5-10H2,1-4H3,(H,17,21)(H,18,19). The van der Waals surface area contributed by atoms with Crippen LogP contribution < -0.4 is 5.32 Å². The fourth-order valence-corrected chi connectivity index (χ4v) is 2.08. The minimum atomic E-state index is -0.588. The van der Waals surface area contributed by atoms with Gasteiger partial charge in [0.1, 0.15) is 5.82 Å². The Bertz CT molecular complexity index is 495. The number of carbonyl (C=O) groups is 2. The van der Waals surface area contributed by atoms with Crippen LogP contribution >= 0.6 is 0 Å². The zero-order valence-corrected chi connectivity index (χ0v) is 14.0. The van der Waals surface area contributed by atoms with Crippen LogP contribution in [0.5, 0.6) is 0 Å². The second-order valence-corrected chi connectivity index (χ2v) is 6.07. The van der Waals surface area contributed by atoms with Crippen LogP contribution in [-0.2, 0) is 27.2 Å². The van der Waals surface area contributed by atoms with E-state index in [0.29, 0.717) is 13.0 Å². The SMILES string of the molecule is CCCc1ncc(CCNC(=O)C(C)(C)CCC(=O)OC)[nH]1. The molecule has 1 aromatic heterocycles. The number of esters is 1. The molecule has 22 heavy (non-hydrogen) atoms. The molecule has 1 amide bonds. The summed E-state index contributed by atoms with van der Waals surface area (Å²) in [5, 5.41) is 2.92. The maximum absolute atomic E-state index is 12.2. The van der Waals surface area contributed by atoms with Crippen LogP contribution in [0.2, 0.25) is 0 Å². The van der Waals surface area contributed by atoms with Gasteiger partial charge in [-0.05, 0) is 12.8 Å². The quantitative estimate of drug-likeness (QED) is 0.683. The van der Waals surface area contributed by atoms with Crippen LogP contribution in [0.25, 0.3) is 0 Å². The van der Waals surface area contributed by atoms with E-state index in [4.69, 9.17) is 0 Å². The molecular weight excluding hydrogens is 282 g/mol. The van der Waals surface area contributed by atoms with Gasteiger partial charge < -0.3 is 15.0 Å². The molecule has 0 aromatic carbocycles. The van der Waals surface area contributed by atoms with E-state index in [0.717, 1.165) is 30.8 Å². The molecule has 0 aliphatic rings. The predicted octanol–water partition coefficient (Wildman–Crippen LogP) is 2.00. The van der Waals surface area contributed by atoms with Gasteiger partial charge in [-0.2, -0.15) is 0 Å². The Morgan fingerprint density at radius 3 is 2.73 bits per heavy atom. The Hall–Kier alpha value is -1.85. The topological polar surface area (TPSA) is 84.1 Å². The van der Waals surface area contributed by atoms with Crippen LogP contribution in [0, 0.1) is 5.41 Å². The summed E-state index contributed by atoms with van der Waals surface area (Å²) in [6.45, 7) is 6.33. The van der Waals surface area contributed by atoms with Crippen molar-refractivity contribution >= 4 is 11.9 Å². The summed E-state index contributed by atoms with van der Waals surface area (Å²) in [4.78, 5) is 30.9. The molecule has 0 spiro atoms. The Labute approximate surface area is 132 Å². The lowest BCUT2D eigenvalue weighted by Gasteiger charge is -2.22. The molecule has 6 nitrogen and oxygen atoms in total. The van der Waals surface area contributed by atoms with Gasteiger partial charge in [0.15, 0.2) is 0 Å². The maximum Gasteiger partial charge on any atom is 0.305 e. The van der Waals surface area contributed by atoms with E-state index >= 15 is 0 Å². The molecule has 0 atom stereocenters. The lowest BCUT2D eigenvalue weighted by Crippen LogP contribution is -2.38. The summed E-state index contributed by atoms with van der Waals surface area (Å²) in [7, 11) is 1.35. The van der Waals surface area contributed by atoms with Crippen molar-refractivity contribution in [2.45, 2.75) is 52.9 Å². The molecule has 0 bridgehead atoms. The summed E-state index contributed by atoms with van der Waals surface area (Å²) in [6.07, 6.45) is 5.24. The Balaban J connectivity index is 2.35. The lowest BCUT2D eigenvalue weighted by molar-refractivity contribution is -0.141. The van der Waals surface area contributed by atoms with E-state index in [1.165, 1.54) is 7.11 Å². The van der Waals surface area contributed by atoms with Crippen molar-refractivity contribution in [3.8, 4) is 0 Å². The third-order valence-electron chi connectivity index (χ3n) is 3.64. The highest BCUT2D eigenvalue weighted by Gasteiger charge is 2.28. The summed E-state index contributed by atoms with van der Waals surface area (Å²) in [6, 6.07) is 0. The number of methoxy groups -OCH3 is 1. The second kappa shape index (κ2) is 8.56. The molecule has 0 saturated heterocycles. The molecule has 0 saturated carbocycles. The normalized spacial score (nSPS) is 11.3. The molecular formula is C16H27N3O3. The zero-order valence-electron chi connectivity index (χ0n) is 14.0. The van der Waals surface area contributed by atoms with Crippen molar-refractivity contribution in [1.29, 1.82) is 0 Å². The van der Waals surface area contributed by atoms with Gasteiger partial charge in [0, 0.05) is 43.1 Å². The van der Waals surface area contributed by atoms with Crippen LogP contribution in [0.3, 0.4) is 0 Å². The fourth-order valence-electron chi connectivity index (χ4n) is 2.08. The largest absolute Gasteiger partial charge is 0.469 e. The van der Waals surface area contributed by atoms with Gasteiger partial charge in [-0.1, -0.05) is 20.8 Å². The molecule has 1 heterocycles. The number of aromatic nitrogens is 2. The highest BCUT2D eigenvalue weighted by atomic mass is 16.5. The molecule has 0 fully saturated rings. The summed E-state index contributed by atoms with van der Waals surface area (Å²) in [5.74, 6) is 0.647. The van der Waals surface area contributed by atoms with Crippen LogP contribution in [0.15, 0.2) is 6.20 Å². The molecule has 0 aliphatic heterocycles. The number of nitrogens with zero attached hydrogens (tertiary/aromatic N) is 1. The van der Waals surface area contributed by atoms with Crippen molar-refractivity contribution in [1.82, 2.24) is 15.3 Å². The molecule has 1 aromatic rings. The Morgan fingerprint density at radius 2 is 2.09 bits per heavy atom. The molecule has 0 radical (unpaired) electrons. The first-order chi connectivity index (χ1) is 10.4. The van der Waals surface area contributed by atoms with Crippen LogP contribution in [-0.4, -0.2) is 35.5 Å². The summed E-state index contributed by atoms with van der Waals surface area (Å²) < 4.78 is 4.60. The first kappa shape index (κ1) is 18.2. The van der Waals surface area contributed by atoms with Crippen molar-refractivity contribution in [3.05, 3.63) is 17.7 Å². The van der Waals surface area contributed by atoms with Gasteiger partial charge in [0.05, 0.1) is 7.11 Å². The van der Waals surface area contributed by atoms with Gasteiger partial charge >= 0.3 is 5.97 Å². The number of imidazole rings is 1. The first-order valence-corrected chi connectivity index (χ1v) is 7.77. The summed E-state index contributed by atoms with van der Waals surface area (Å²) in [5.41, 5.74) is 0.436. The van der Waals surface area contributed by atoms with Gasteiger partial charge in [0.25, 0.3) is 0 Å². The lowest BCUT2D eigenvalue weighted by atomic mass is 9.86. The molecule has 2 N–H and O–H groups in total. The molecule has 6 heteroatoms. The number of nitrogens with one attached hydrogen (secondary N) is 2. The number of carbonyl (C=O) groups excluding carboxylic acids is 2. The molecule has 0 aliphatic carbocycles. The van der Waals surface area contributed by atoms with Crippen molar-refractivity contribution < 1.29 is 14.3 Å². The zero-order chi connectivity index (χ0) is 16.6. The van der Waals surface area contributed by atoms with E-state index in [1.54, 1.807) is 0 Å². The highest BCUT2D eigenvalue weighted by molar-refractivity contribution is 5.82. The number of ether oxygens (including phenoxy) is 1. The van der Waals surface area contributed by atoms with E-state index in [2.05, 4.69) is 26.9 Å². The minimum Gasteiger partial charge on any atom is -0.469 e. The van der Waals surface area contributed by atoms with Gasteiger partial charge in [-0.15, -0.1) is 0 Å². The van der Waals surface area contributed by atoms with Crippen LogP contribution in [0.4, 0.5) is 0 Å². The average molecular weight is 309 g/mol. The van der Waals surface area contributed by atoms with E-state index in [-0.39, 0.29) is 18.3 Å². The second-order valence-electron chi connectivity index (χ2n) is 6.07. The van der Waals surface area contributed by atoms with Crippen molar-refractivity contribution in [3.63, 3.8) is 0 Å². The molecule has 1 rings (SSSR count). The number of amides is 1. The number of rotatable bonds is 9. The third kappa shape index (κ3) is 5.87.